The van der Waals surface area contributed by atoms with Gasteiger partial charge in [0.25, 0.3) is 0 Å². The van der Waals surface area contributed by atoms with Crippen molar-refractivity contribution in [3.63, 3.8) is 0 Å². The highest BCUT2D eigenvalue weighted by atomic mass is 16.2. The second-order valence-corrected chi connectivity index (χ2v) is 5.96. The van der Waals surface area contributed by atoms with Gasteiger partial charge in [-0.3, -0.25) is 9.59 Å². The van der Waals surface area contributed by atoms with Crippen molar-refractivity contribution < 1.29 is 9.59 Å². The fourth-order valence-electron chi connectivity index (χ4n) is 3.02. The Labute approximate surface area is 114 Å². The van der Waals surface area contributed by atoms with Crippen LogP contribution in [0.2, 0.25) is 0 Å². The Morgan fingerprint density at radius 2 is 2.11 bits per heavy atom. The van der Waals surface area contributed by atoms with Crippen molar-refractivity contribution in [1.82, 2.24) is 10.2 Å². The van der Waals surface area contributed by atoms with E-state index in [1.165, 1.54) is 0 Å². The van der Waals surface area contributed by atoms with E-state index in [4.69, 9.17) is 5.73 Å². The van der Waals surface area contributed by atoms with E-state index >= 15 is 0 Å². The van der Waals surface area contributed by atoms with E-state index in [0.717, 1.165) is 38.6 Å². The molecule has 5 nitrogen and oxygen atoms in total. The molecule has 2 amide bonds. The molecule has 0 aromatic heterocycles. The summed E-state index contributed by atoms with van der Waals surface area (Å²) in [6, 6.07) is 0.300. The van der Waals surface area contributed by atoms with Crippen molar-refractivity contribution in [2.45, 2.75) is 57.5 Å². The maximum absolute atomic E-state index is 12.1. The van der Waals surface area contributed by atoms with Crippen molar-refractivity contribution in [1.29, 1.82) is 0 Å². The Balaban J connectivity index is 1.73. The zero-order valence-corrected chi connectivity index (χ0v) is 11.7. The minimum atomic E-state index is 0.0325. The van der Waals surface area contributed by atoms with Crippen LogP contribution in [0.3, 0.4) is 0 Å². The maximum Gasteiger partial charge on any atom is 0.223 e. The lowest BCUT2D eigenvalue weighted by Gasteiger charge is -2.27. The molecule has 1 aliphatic heterocycles. The molecule has 0 spiro atoms. The van der Waals surface area contributed by atoms with E-state index in [0.29, 0.717) is 13.0 Å². The van der Waals surface area contributed by atoms with Gasteiger partial charge in [-0.05, 0) is 39.0 Å². The first-order valence-electron chi connectivity index (χ1n) is 7.40. The number of rotatable bonds is 4. The third-order valence-corrected chi connectivity index (χ3v) is 4.20. The normalized spacial score (nSPS) is 29.4. The second kappa shape index (κ2) is 6.37. The summed E-state index contributed by atoms with van der Waals surface area (Å²) in [5.74, 6) is 0.451. The van der Waals surface area contributed by atoms with E-state index < -0.39 is 0 Å². The monoisotopic (exact) mass is 267 g/mol. The predicted octanol–water partition coefficient (Wildman–Crippen LogP) is 0.631. The molecule has 1 saturated heterocycles. The van der Waals surface area contributed by atoms with Gasteiger partial charge in [0, 0.05) is 37.5 Å². The summed E-state index contributed by atoms with van der Waals surface area (Å²) in [4.78, 5) is 25.5. The van der Waals surface area contributed by atoms with Gasteiger partial charge in [-0.2, -0.15) is 0 Å². The highest BCUT2D eigenvalue weighted by molar-refractivity contribution is 5.80. The number of nitrogens with one attached hydrogen (secondary N) is 1. The average Bonchev–Trinajstić information content (AvgIpc) is 2.75. The van der Waals surface area contributed by atoms with Gasteiger partial charge < -0.3 is 16.0 Å². The van der Waals surface area contributed by atoms with Gasteiger partial charge >= 0.3 is 0 Å². The molecule has 0 radical (unpaired) electrons. The Morgan fingerprint density at radius 3 is 2.68 bits per heavy atom. The van der Waals surface area contributed by atoms with E-state index in [-0.39, 0.29) is 29.8 Å². The number of amides is 2. The van der Waals surface area contributed by atoms with Gasteiger partial charge in [-0.15, -0.1) is 0 Å². The largest absolute Gasteiger partial charge is 0.352 e. The van der Waals surface area contributed by atoms with Gasteiger partial charge in [-0.1, -0.05) is 0 Å². The van der Waals surface area contributed by atoms with Crippen molar-refractivity contribution >= 4 is 11.8 Å². The average molecular weight is 267 g/mol. The van der Waals surface area contributed by atoms with E-state index in [2.05, 4.69) is 5.32 Å². The smallest absolute Gasteiger partial charge is 0.223 e. The van der Waals surface area contributed by atoms with Crippen LogP contribution >= 0.6 is 0 Å². The van der Waals surface area contributed by atoms with Gasteiger partial charge in [-0.25, -0.2) is 0 Å². The zero-order valence-electron chi connectivity index (χ0n) is 11.7. The summed E-state index contributed by atoms with van der Waals surface area (Å²) in [7, 11) is 0. The van der Waals surface area contributed by atoms with Crippen LogP contribution in [-0.4, -0.2) is 41.9 Å². The standard InChI is InChI=1S/C14H25N3O2/c1-10(9-17-8-2-3-13(17)18)16-14(19)11-4-6-12(15)7-5-11/h10-12H,2-9,15H2,1H3,(H,16,19). The highest BCUT2D eigenvalue weighted by Crippen LogP contribution is 2.23. The molecule has 0 bridgehead atoms. The minimum absolute atomic E-state index is 0.0325. The molecule has 1 atom stereocenters. The topological polar surface area (TPSA) is 75.4 Å². The summed E-state index contributed by atoms with van der Waals surface area (Å²) in [5, 5.41) is 3.04. The molecule has 1 heterocycles. The van der Waals surface area contributed by atoms with E-state index in [9.17, 15) is 9.59 Å². The number of carbonyl (C=O) groups excluding carboxylic acids is 2. The number of nitrogens with zero attached hydrogens (tertiary/aromatic N) is 1. The molecule has 2 aliphatic rings. The lowest BCUT2D eigenvalue weighted by Crippen LogP contribution is -2.45. The van der Waals surface area contributed by atoms with Crippen molar-refractivity contribution in [2.75, 3.05) is 13.1 Å². The van der Waals surface area contributed by atoms with Gasteiger partial charge in [0.15, 0.2) is 0 Å². The lowest BCUT2D eigenvalue weighted by molar-refractivity contribution is -0.130. The van der Waals surface area contributed by atoms with Gasteiger partial charge in [0.1, 0.15) is 0 Å². The summed E-state index contributed by atoms with van der Waals surface area (Å²) in [6.07, 6.45) is 5.26. The quantitative estimate of drug-likeness (QED) is 0.784. The summed E-state index contributed by atoms with van der Waals surface area (Å²) in [6.45, 7) is 3.44. The third kappa shape index (κ3) is 3.93. The molecular formula is C14H25N3O2. The van der Waals surface area contributed by atoms with Crippen LogP contribution in [0.15, 0.2) is 0 Å². The summed E-state index contributed by atoms with van der Waals surface area (Å²) < 4.78 is 0. The Kier molecular flexibility index (Phi) is 4.80. The van der Waals surface area contributed by atoms with Gasteiger partial charge in [0.05, 0.1) is 0 Å². The number of carbonyl (C=O) groups is 2. The number of hydrogen-bond donors (Lipinski definition) is 2. The maximum atomic E-state index is 12.1. The predicted molar refractivity (Wildman–Crippen MR) is 73.4 cm³/mol. The number of nitrogens with two attached hydrogens (primary N) is 1. The van der Waals surface area contributed by atoms with Crippen LogP contribution in [0.4, 0.5) is 0 Å². The molecule has 2 fully saturated rings. The Bertz CT molecular complexity index is 338. The van der Waals surface area contributed by atoms with Crippen LogP contribution in [0, 0.1) is 5.92 Å². The van der Waals surface area contributed by atoms with Crippen molar-refractivity contribution in [2.24, 2.45) is 11.7 Å². The highest BCUT2D eigenvalue weighted by Gasteiger charge is 2.27. The van der Waals surface area contributed by atoms with Gasteiger partial charge in [0.2, 0.25) is 11.8 Å². The molecule has 19 heavy (non-hydrogen) atoms. The molecule has 1 aliphatic carbocycles. The minimum Gasteiger partial charge on any atom is -0.352 e. The first-order valence-corrected chi connectivity index (χ1v) is 7.40. The molecule has 3 N–H and O–H groups in total. The summed E-state index contributed by atoms with van der Waals surface area (Å²) in [5.41, 5.74) is 5.85. The van der Waals surface area contributed by atoms with E-state index in [1.807, 2.05) is 11.8 Å². The number of likely N-dealkylation sites (tertiary alicyclic amines) is 1. The fraction of sp³-hybridized carbons (Fsp3) is 0.857. The SMILES string of the molecule is CC(CN1CCCC1=O)NC(=O)C1CCC(N)CC1. The van der Waals surface area contributed by atoms with Crippen LogP contribution in [0.5, 0.6) is 0 Å². The molecule has 0 aromatic carbocycles. The molecule has 5 heteroatoms. The van der Waals surface area contributed by atoms with Crippen LogP contribution < -0.4 is 11.1 Å². The Hall–Kier alpha value is -1.10. The first kappa shape index (κ1) is 14.3. The van der Waals surface area contributed by atoms with Crippen LogP contribution in [0.25, 0.3) is 0 Å². The van der Waals surface area contributed by atoms with Crippen LogP contribution in [-0.2, 0) is 9.59 Å². The fourth-order valence-corrected chi connectivity index (χ4v) is 3.02. The van der Waals surface area contributed by atoms with Crippen molar-refractivity contribution in [3.05, 3.63) is 0 Å². The van der Waals surface area contributed by atoms with Crippen molar-refractivity contribution in [3.8, 4) is 0 Å². The zero-order chi connectivity index (χ0) is 13.8. The summed E-state index contributed by atoms with van der Waals surface area (Å²) >= 11 is 0. The lowest BCUT2D eigenvalue weighted by atomic mass is 9.86. The Morgan fingerprint density at radius 1 is 1.42 bits per heavy atom. The second-order valence-electron chi connectivity index (χ2n) is 5.96. The molecular weight excluding hydrogens is 242 g/mol. The van der Waals surface area contributed by atoms with E-state index in [1.54, 1.807) is 0 Å². The third-order valence-electron chi connectivity index (χ3n) is 4.20. The molecule has 0 aromatic rings. The molecule has 1 saturated carbocycles. The number of hydrogen-bond acceptors (Lipinski definition) is 3. The van der Waals surface area contributed by atoms with Crippen LogP contribution in [0.1, 0.15) is 45.4 Å². The molecule has 108 valence electrons. The first-order chi connectivity index (χ1) is 9.06. The molecule has 2 rings (SSSR count). The molecule has 1 unspecified atom stereocenters.